The minimum atomic E-state index is -0.963. The van der Waals surface area contributed by atoms with Crippen molar-refractivity contribution in [2.24, 2.45) is 5.92 Å². The van der Waals surface area contributed by atoms with Crippen LogP contribution in [0.1, 0.15) is 25.8 Å². The van der Waals surface area contributed by atoms with Crippen molar-refractivity contribution in [1.82, 2.24) is 0 Å². The topological polar surface area (TPSA) is 43.4 Å². The Morgan fingerprint density at radius 1 is 1.41 bits per heavy atom. The molecular weight excluding hydrogens is 214 g/mol. The van der Waals surface area contributed by atoms with Gasteiger partial charge in [0.15, 0.2) is 0 Å². The Balaban J connectivity index is 2.24. The molecule has 0 amide bonds. The zero-order valence-corrected chi connectivity index (χ0v) is 10.3. The summed E-state index contributed by atoms with van der Waals surface area (Å²) in [7, 11) is 0. The van der Waals surface area contributed by atoms with Gasteiger partial charge in [0, 0.05) is 12.2 Å². The van der Waals surface area contributed by atoms with Gasteiger partial charge in [0.25, 0.3) is 0 Å². The molecule has 92 valence electrons. The Kier molecular flexibility index (Phi) is 3.36. The van der Waals surface area contributed by atoms with Crippen LogP contribution in [0.3, 0.4) is 0 Å². The van der Waals surface area contributed by atoms with Crippen molar-refractivity contribution >= 4 is 11.7 Å². The summed E-state index contributed by atoms with van der Waals surface area (Å²) >= 11 is 0. The number of fused-ring (bicyclic) bond motifs is 1. The maximum absolute atomic E-state index is 11.3. The van der Waals surface area contributed by atoms with E-state index in [9.17, 15) is 9.90 Å². The number of carbonyl (C=O) groups is 1. The Morgan fingerprint density at radius 3 is 2.76 bits per heavy atom. The highest BCUT2D eigenvalue weighted by atomic mass is 16.4. The minimum absolute atomic E-state index is 0.352. The normalized spacial score (nSPS) is 16.1. The summed E-state index contributed by atoms with van der Waals surface area (Å²) in [5, 5.41) is 11.3. The second kappa shape index (κ2) is 4.78. The Bertz CT molecular complexity index is 414. The predicted octanol–water partition coefficient (Wildman–Crippen LogP) is 1.21. The molecule has 0 fully saturated rings. The van der Waals surface area contributed by atoms with E-state index in [0.29, 0.717) is 12.3 Å². The standard InChI is InChI=1S/C14H19NO2/c1-10(2)9-13(14(16)17)15-8-7-11-5-3-4-6-12(11)15/h3-6,10,13H,7-9H2,1-2H3,(H,16,17)/p-1. The number of anilines is 1. The van der Waals surface area contributed by atoms with Gasteiger partial charge in [-0.15, -0.1) is 0 Å². The van der Waals surface area contributed by atoms with Gasteiger partial charge in [-0.3, -0.25) is 0 Å². The van der Waals surface area contributed by atoms with E-state index in [1.165, 1.54) is 5.56 Å². The number of aliphatic carboxylic acids is 1. The molecule has 0 aliphatic carbocycles. The fraction of sp³-hybridized carbons (Fsp3) is 0.500. The van der Waals surface area contributed by atoms with Gasteiger partial charge in [0.05, 0.1) is 12.0 Å². The average molecular weight is 232 g/mol. The first kappa shape index (κ1) is 12.0. The third-order valence-electron chi connectivity index (χ3n) is 3.27. The molecule has 1 unspecified atom stereocenters. The number of carboxylic acids is 1. The summed E-state index contributed by atoms with van der Waals surface area (Å²) in [6.07, 6.45) is 1.56. The summed E-state index contributed by atoms with van der Waals surface area (Å²) in [4.78, 5) is 13.3. The lowest BCUT2D eigenvalue weighted by Gasteiger charge is -2.32. The number of para-hydroxylation sites is 1. The quantitative estimate of drug-likeness (QED) is 0.783. The fourth-order valence-electron chi connectivity index (χ4n) is 2.48. The molecule has 0 saturated carbocycles. The van der Waals surface area contributed by atoms with Crippen molar-refractivity contribution in [3.63, 3.8) is 0 Å². The van der Waals surface area contributed by atoms with E-state index in [0.717, 1.165) is 18.7 Å². The maximum atomic E-state index is 11.3. The zero-order chi connectivity index (χ0) is 12.4. The Morgan fingerprint density at radius 2 is 2.12 bits per heavy atom. The van der Waals surface area contributed by atoms with E-state index in [2.05, 4.69) is 6.07 Å². The van der Waals surface area contributed by atoms with Crippen molar-refractivity contribution in [2.45, 2.75) is 32.7 Å². The number of carboxylic acid groups (broad SMARTS) is 1. The van der Waals surface area contributed by atoms with Crippen LogP contribution >= 0.6 is 0 Å². The molecule has 0 N–H and O–H groups in total. The van der Waals surface area contributed by atoms with Crippen molar-refractivity contribution in [2.75, 3.05) is 11.4 Å². The SMILES string of the molecule is CC(C)CC(C(=O)[O-])N1CCc2ccccc21. The molecule has 0 spiro atoms. The number of hydrogen-bond acceptors (Lipinski definition) is 3. The van der Waals surface area contributed by atoms with Gasteiger partial charge in [-0.2, -0.15) is 0 Å². The van der Waals surface area contributed by atoms with E-state index < -0.39 is 12.0 Å². The zero-order valence-electron chi connectivity index (χ0n) is 10.3. The summed E-state index contributed by atoms with van der Waals surface area (Å²) in [6, 6.07) is 7.52. The molecule has 1 aromatic carbocycles. The van der Waals surface area contributed by atoms with Crippen LogP contribution in [0.4, 0.5) is 5.69 Å². The lowest BCUT2D eigenvalue weighted by molar-refractivity contribution is -0.307. The van der Waals surface area contributed by atoms with E-state index in [1.807, 2.05) is 36.9 Å². The van der Waals surface area contributed by atoms with Crippen LogP contribution in [0, 0.1) is 5.92 Å². The van der Waals surface area contributed by atoms with E-state index >= 15 is 0 Å². The van der Waals surface area contributed by atoms with E-state index in [-0.39, 0.29) is 0 Å². The molecule has 0 bridgehead atoms. The fourth-order valence-corrected chi connectivity index (χ4v) is 2.48. The molecular formula is C14H18NO2-. The third kappa shape index (κ3) is 2.43. The molecule has 3 heteroatoms. The first-order valence-corrected chi connectivity index (χ1v) is 6.15. The van der Waals surface area contributed by atoms with Gasteiger partial charge in [-0.25, -0.2) is 0 Å². The number of carbonyl (C=O) groups excluding carboxylic acids is 1. The van der Waals surface area contributed by atoms with Crippen molar-refractivity contribution in [1.29, 1.82) is 0 Å². The predicted molar refractivity (Wildman–Crippen MR) is 65.7 cm³/mol. The van der Waals surface area contributed by atoms with Gasteiger partial charge in [0.2, 0.25) is 0 Å². The molecule has 2 rings (SSSR count). The van der Waals surface area contributed by atoms with Crippen LogP contribution in [0.5, 0.6) is 0 Å². The summed E-state index contributed by atoms with van der Waals surface area (Å²) in [5.41, 5.74) is 2.30. The monoisotopic (exact) mass is 232 g/mol. The highest BCUT2D eigenvalue weighted by molar-refractivity contribution is 5.78. The number of rotatable bonds is 4. The highest BCUT2D eigenvalue weighted by Crippen LogP contribution is 2.30. The van der Waals surface area contributed by atoms with Crippen molar-refractivity contribution in [3.8, 4) is 0 Å². The third-order valence-corrected chi connectivity index (χ3v) is 3.27. The largest absolute Gasteiger partial charge is 0.548 e. The van der Waals surface area contributed by atoms with Crippen molar-refractivity contribution in [3.05, 3.63) is 29.8 Å². The second-order valence-corrected chi connectivity index (χ2v) is 5.04. The smallest absolute Gasteiger partial charge is 0.0689 e. The first-order valence-electron chi connectivity index (χ1n) is 6.15. The molecule has 1 aliphatic heterocycles. The molecule has 0 aromatic heterocycles. The molecule has 1 heterocycles. The molecule has 0 radical (unpaired) electrons. The molecule has 17 heavy (non-hydrogen) atoms. The minimum Gasteiger partial charge on any atom is -0.548 e. The molecule has 0 saturated heterocycles. The van der Waals surface area contributed by atoms with Crippen LogP contribution in [-0.4, -0.2) is 18.6 Å². The van der Waals surface area contributed by atoms with Gasteiger partial charge < -0.3 is 14.8 Å². The summed E-state index contributed by atoms with van der Waals surface area (Å²) in [6.45, 7) is 4.86. The lowest BCUT2D eigenvalue weighted by atomic mass is 10.0. The summed E-state index contributed by atoms with van der Waals surface area (Å²) < 4.78 is 0. The van der Waals surface area contributed by atoms with Gasteiger partial charge in [-0.05, 0) is 30.4 Å². The van der Waals surface area contributed by atoms with Crippen LogP contribution in [0.25, 0.3) is 0 Å². The Labute approximate surface area is 102 Å². The van der Waals surface area contributed by atoms with Crippen LogP contribution < -0.4 is 10.0 Å². The van der Waals surface area contributed by atoms with Crippen LogP contribution in [0.15, 0.2) is 24.3 Å². The van der Waals surface area contributed by atoms with Gasteiger partial charge in [0.1, 0.15) is 0 Å². The average Bonchev–Trinajstić information content (AvgIpc) is 2.69. The van der Waals surface area contributed by atoms with Crippen LogP contribution in [-0.2, 0) is 11.2 Å². The highest BCUT2D eigenvalue weighted by Gasteiger charge is 2.26. The molecule has 3 nitrogen and oxygen atoms in total. The van der Waals surface area contributed by atoms with Gasteiger partial charge in [-0.1, -0.05) is 32.0 Å². The molecule has 1 aromatic rings. The van der Waals surface area contributed by atoms with E-state index in [1.54, 1.807) is 0 Å². The molecule has 1 aliphatic rings. The second-order valence-electron chi connectivity index (χ2n) is 5.04. The number of benzene rings is 1. The number of hydrogen-bond donors (Lipinski definition) is 0. The maximum Gasteiger partial charge on any atom is 0.0689 e. The van der Waals surface area contributed by atoms with Gasteiger partial charge >= 0.3 is 0 Å². The number of nitrogens with zero attached hydrogens (tertiary/aromatic N) is 1. The van der Waals surface area contributed by atoms with Crippen LogP contribution in [0.2, 0.25) is 0 Å². The first-order chi connectivity index (χ1) is 8.09. The Hall–Kier alpha value is -1.51. The lowest BCUT2D eigenvalue weighted by Crippen LogP contribution is -2.48. The molecule has 1 atom stereocenters. The van der Waals surface area contributed by atoms with E-state index in [4.69, 9.17) is 0 Å². The summed E-state index contributed by atoms with van der Waals surface area (Å²) in [5.74, 6) is -0.610. The van der Waals surface area contributed by atoms with Crippen molar-refractivity contribution < 1.29 is 9.90 Å².